The summed E-state index contributed by atoms with van der Waals surface area (Å²) in [7, 11) is 1.58. The van der Waals surface area contributed by atoms with Crippen LogP contribution < -0.4 is 19.5 Å². The van der Waals surface area contributed by atoms with Gasteiger partial charge in [-0.05, 0) is 48.5 Å². The first-order valence-corrected chi connectivity index (χ1v) is 8.68. The van der Waals surface area contributed by atoms with Crippen molar-refractivity contribution in [3.63, 3.8) is 0 Å². The predicted octanol–water partition coefficient (Wildman–Crippen LogP) is 4.44. The number of hydrogen-bond acceptors (Lipinski definition) is 5. The van der Waals surface area contributed by atoms with Gasteiger partial charge in [0.25, 0.3) is 5.91 Å². The van der Waals surface area contributed by atoms with Crippen molar-refractivity contribution in [2.24, 2.45) is 0 Å². The monoisotopic (exact) mass is 423 g/mol. The van der Waals surface area contributed by atoms with E-state index in [0.29, 0.717) is 17.2 Å². The maximum Gasteiger partial charge on any atom is 0.387 e. The first kappa shape index (κ1) is 20.4. The smallest absolute Gasteiger partial charge is 0.387 e. The number of hydrogen-bond donors (Lipinski definition) is 1. The highest BCUT2D eigenvalue weighted by Crippen LogP contribution is 2.29. The lowest BCUT2D eigenvalue weighted by Crippen LogP contribution is -2.14. The fourth-order valence-electron chi connectivity index (χ4n) is 2.33. The van der Waals surface area contributed by atoms with E-state index in [1.54, 1.807) is 37.6 Å². The molecule has 7 nitrogen and oxygen atoms in total. The van der Waals surface area contributed by atoms with Crippen molar-refractivity contribution in [1.82, 2.24) is 9.78 Å². The summed E-state index contributed by atoms with van der Waals surface area (Å²) in [5.74, 6) is 0.656. The third-order valence-electron chi connectivity index (χ3n) is 3.70. The van der Waals surface area contributed by atoms with E-state index in [4.69, 9.17) is 21.1 Å². The Balaban J connectivity index is 1.58. The minimum Gasteiger partial charge on any atom is -0.497 e. The summed E-state index contributed by atoms with van der Waals surface area (Å²) < 4.78 is 40.9. The second kappa shape index (κ2) is 9.24. The number of halogens is 3. The molecule has 0 saturated heterocycles. The van der Waals surface area contributed by atoms with E-state index >= 15 is 0 Å². The van der Waals surface area contributed by atoms with Gasteiger partial charge in [0.15, 0.2) is 12.4 Å². The number of anilines is 1. The topological polar surface area (TPSA) is 74.6 Å². The second-order valence-electron chi connectivity index (χ2n) is 5.67. The van der Waals surface area contributed by atoms with Crippen molar-refractivity contribution < 1.29 is 27.8 Å². The second-order valence-corrected chi connectivity index (χ2v) is 6.07. The van der Waals surface area contributed by atoms with Crippen molar-refractivity contribution in [3.05, 3.63) is 65.4 Å². The standard InChI is InChI=1S/C19H16ClF2N3O4/c1-27-13-3-5-14(6-4-13)28-11-25-9-8-16(24-25)18(26)23-12-2-7-17(15(20)10-12)29-19(21)22/h2-10,19H,11H2,1H3,(H,23,26). The average Bonchev–Trinajstić information content (AvgIpc) is 3.18. The Kier molecular flexibility index (Phi) is 6.50. The van der Waals surface area contributed by atoms with E-state index in [1.165, 1.54) is 28.9 Å². The minimum atomic E-state index is -2.99. The van der Waals surface area contributed by atoms with Gasteiger partial charge in [0.1, 0.15) is 17.2 Å². The molecule has 0 atom stereocenters. The number of ether oxygens (including phenoxy) is 3. The Bertz CT molecular complexity index is 980. The highest BCUT2D eigenvalue weighted by Gasteiger charge is 2.13. The molecule has 2 aromatic carbocycles. The molecule has 0 bridgehead atoms. The van der Waals surface area contributed by atoms with Crippen LogP contribution in [0.5, 0.6) is 17.2 Å². The van der Waals surface area contributed by atoms with Gasteiger partial charge in [-0.3, -0.25) is 4.79 Å². The van der Waals surface area contributed by atoms with E-state index in [1.807, 2.05) is 0 Å². The van der Waals surface area contributed by atoms with Gasteiger partial charge in [-0.15, -0.1) is 0 Å². The Morgan fingerprint density at radius 2 is 1.90 bits per heavy atom. The van der Waals surface area contributed by atoms with Crippen LogP contribution in [0.1, 0.15) is 10.5 Å². The van der Waals surface area contributed by atoms with E-state index in [-0.39, 0.29) is 23.2 Å². The Labute approximate surface area is 169 Å². The number of carbonyl (C=O) groups excluding carboxylic acids is 1. The van der Waals surface area contributed by atoms with Crippen molar-refractivity contribution in [2.45, 2.75) is 13.3 Å². The van der Waals surface area contributed by atoms with Crippen LogP contribution in [-0.4, -0.2) is 29.4 Å². The summed E-state index contributed by atoms with van der Waals surface area (Å²) >= 11 is 5.87. The SMILES string of the molecule is COc1ccc(OCn2ccc(C(=O)Nc3ccc(OC(F)F)c(Cl)c3)n2)cc1. The van der Waals surface area contributed by atoms with Crippen LogP contribution in [0.3, 0.4) is 0 Å². The molecule has 0 unspecified atom stereocenters. The number of amides is 1. The number of carbonyl (C=O) groups is 1. The fraction of sp³-hybridized carbons (Fsp3) is 0.158. The highest BCUT2D eigenvalue weighted by molar-refractivity contribution is 6.32. The van der Waals surface area contributed by atoms with E-state index in [2.05, 4.69) is 15.2 Å². The Morgan fingerprint density at radius 3 is 2.55 bits per heavy atom. The number of aromatic nitrogens is 2. The number of benzene rings is 2. The van der Waals surface area contributed by atoms with Crippen LogP contribution in [0.2, 0.25) is 5.02 Å². The molecular weight excluding hydrogens is 408 g/mol. The largest absolute Gasteiger partial charge is 0.497 e. The van der Waals surface area contributed by atoms with Gasteiger partial charge in [0, 0.05) is 11.9 Å². The summed E-state index contributed by atoms with van der Waals surface area (Å²) in [5, 5.41) is 6.66. The van der Waals surface area contributed by atoms with Crippen LogP contribution in [0.15, 0.2) is 54.7 Å². The Morgan fingerprint density at radius 1 is 1.17 bits per heavy atom. The molecule has 0 aliphatic rings. The first-order chi connectivity index (χ1) is 13.9. The van der Waals surface area contributed by atoms with Gasteiger partial charge in [-0.1, -0.05) is 11.6 Å². The molecule has 0 spiro atoms. The number of rotatable bonds is 8. The van der Waals surface area contributed by atoms with Crippen molar-refractivity contribution >= 4 is 23.2 Å². The third-order valence-corrected chi connectivity index (χ3v) is 4.00. The van der Waals surface area contributed by atoms with Crippen molar-refractivity contribution in [3.8, 4) is 17.2 Å². The number of nitrogens with one attached hydrogen (secondary N) is 1. The molecule has 0 radical (unpaired) electrons. The lowest BCUT2D eigenvalue weighted by Gasteiger charge is -2.09. The normalized spacial score (nSPS) is 10.7. The molecule has 0 aliphatic heterocycles. The fourth-order valence-corrected chi connectivity index (χ4v) is 2.56. The molecule has 3 rings (SSSR count). The van der Waals surface area contributed by atoms with Crippen LogP contribution in [0, 0.1) is 0 Å². The summed E-state index contributed by atoms with van der Waals surface area (Å²) in [6, 6.07) is 12.5. The zero-order valence-corrected chi connectivity index (χ0v) is 15.9. The van der Waals surface area contributed by atoms with Gasteiger partial charge in [0.2, 0.25) is 0 Å². The number of methoxy groups -OCH3 is 1. The zero-order valence-electron chi connectivity index (χ0n) is 15.1. The lowest BCUT2D eigenvalue weighted by atomic mass is 10.3. The third kappa shape index (κ3) is 5.58. The maximum absolute atomic E-state index is 12.3. The summed E-state index contributed by atoms with van der Waals surface area (Å²) in [4.78, 5) is 12.3. The maximum atomic E-state index is 12.3. The van der Waals surface area contributed by atoms with Crippen LogP contribution in [-0.2, 0) is 6.73 Å². The molecule has 0 fully saturated rings. The van der Waals surface area contributed by atoms with Gasteiger partial charge < -0.3 is 19.5 Å². The molecule has 0 aliphatic carbocycles. The highest BCUT2D eigenvalue weighted by atomic mass is 35.5. The summed E-state index contributed by atoms with van der Waals surface area (Å²) in [6.07, 6.45) is 1.59. The van der Waals surface area contributed by atoms with Crippen LogP contribution >= 0.6 is 11.6 Å². The van der Waals surface area contributed by atoms with Gasteiger partial charge in [-0.2, -0.15) is 13.9 Å². The van der Waals surface area contributed by atoms with E-state index in [0.717, 1.165) is 0 Å². The number of alkyl halides is 2. The van der Waals surface area contributed by atoms with Gasteiger partial charge in [0.05, 0.1) is 12.1 Å². The van der Waals surface area contributed by atoms with Crippen LogP contribution in [0.25, 0.3) is 0 Å². The molecule has 152 valence electrons. The molecule has 1 heterocycles. The van der Waals surface area contributed by atoms with E-state index < -0.39 is 12.5 Å². The Hall–Kier alpha value is -3.33. The molecule has 0 saturated carbocycles. The minimum absolute atomic E-state index is 0.0541. The molecule has 3 aromatic rings. The molecule has 1 aromatic heterocycles. The van der Waals surface area contributed by atoms with Crippen molar-refractivity contribution in [2.75, 3.05) is 12.4 Å². The lowest BCUT2D eigenvalue weighted by molar-refractivity contribution is -0.0497. The summed E-state index contributed by atoms with van der Waals surface area (Å²) in [5.41, 5.74) is 0.456. The average molecular weight is 424 g/mol. The van der Waals surface area contributed by atoms with Crippen molar-refractivity contribution in [1.29, 1.82) is 0 Å². The summed E-state index contributed by atoms with van der Waals surface area (Å²) in [6.45, 7) is -2.89. The zero-order chi connectivity index (χ0) is 20.8. The van der Waals surface area contributed by atoms with Gasteiger partial charge >= 0.3 is 6.61 Å². The molecule has 10 heteroatoms. The number of nitrogens with zero attached hydrogens (tertiary/aromatic N) is 2. The van der Waals surface area contributed by atoms with Gasteiger partial charge in [-0.25, -0.2) is 4.68 Å². The molecule has 1 amide bonds. The first-order valence-electron chi connectivity index (χ1n) is 8.30. The molecule has 29 heavy (non-hydrogen) atoms. The quantitative estimate of drug-likeness (QED) is 0.580. The van der Waals surface area contributed by atoms with Crippen LogP contribution in [0.4, 0.5) is 14.5 Å². The predicted molar refractivity (Wildman–Crippen MR) is 102 cm³/mol. The van der Waals surface area contributed by atoms with E-state index in [9.17, 15) is 13.6 Å². The molecule has 1 N–H and O–H groups in total. The molecular formula is C19H16ClF2N3O4.